The maximum atomic E-state index is 13.3. The molecule has 0 heterocycles. The molecule has 2 aromatic carbocycles. The summed E-state index contributed by atoms with van der Waals surface area (Å²) in [6, 6.07) is 13.3. The van der Waals surface area contributed by atoms with Gasteiger partial charge >= 0.3 is 5.97 Å². The van der Waals surface area contributed by atoms with E-state index in [-0.39, 0.29) is 5.75 Å². The fourth-order valence-electron chi connectivity index (χ4n) is 3.61. The summed E-state index contributed by atoms with van der Waals surface area (Å²) in [5, 5.41) is 0. The van der Waals surface area contributed by atoms with Crippen molar-refractivity contribution in [3.8, 4) is 5.75 Å². The minimum absolute atomic E-state index is 0.240. The number of esters is 1. The van der Waals surface area contributed by atoms with Gasteiger partial charge in [0.15, 0.2) is 0 Å². The largest absolute Gasteiger partial charge is 0.423 e. The Hall–Kier alpha value is -2.16. The van der Waals surface area contributed by atoms with Crippen molar-refractivity contribution in [2.24, 2.45) is 5.92 Å². The van der Waals surface area contributed by atoms with Crippen molar-refractivity contribution in [1.82, 2.24) is 0 Å². The molecule has 1 aliphatic rings. The van der Waals surface area contributed by atoms with E-state index in [4.69, 9.17) is 4.74 Å². The number of benzene rings is 2. The van der Waals surface area contributed by atoms with E-state index in [9.17, 15) is 9.18 Å². The van der Waals surface area contributed by atoms with E-state index in [1.165, 1.54) is 37.5 Å². The fourth-order valence-corrected chi connectivity index (χ4v) is 3.61. The molecule has 3 rings (SSSR count). The van der Waals surface area contributed by atoms with E-state index in [1.54, 1.807) is 6.07 Å². The van der Waals surface area contributed by atoms with Crippen molar-refractivity contribution in [3.05, 3.63) is 65.5 Å². The average molecular weight is 326 g/mol. The van der Waals surface area contributed by atoms with Gasteiger partial charge in [0, 0.05) is 6.07 Å². The molecule has 0 N–H and O–H groups in total. The van der Waals surface area contributed by atoms with Crippen molar-refractivity contribution in [2.45, 2.75) is 44.9 Å². The maximum absolute atomic E-state index is 13.3. The van der Waals surface area contributed by atoms with Gasteiger partial charge in [-0.3, -0.25) is 0 Å². The zero-order valence-corrected chi connectivity index (χ0v) is 14.0. The molecular formula is C21H23FO2. The van der Waals surface area contributed by atoms with Crippen LogP contribution in [0.5, 0.6) is 5.75 Å². The van der Waals surface area contributed by atoms with Crippen molar-refractivity contribution < 1.29 is 13.9 Å². The van der Waals surface area contributed by atoms with E-state index in [0.29, 0.717) is 11.5 Å². The lowest BCUT2D eigenvalue weighted by molar-refractivity contribution is 0.0732. The third-order valence-electron chi connectivity index (χ3n) is 5.05. The maximum Gasteiger partial charge on any atom is 0.343 e. The van der Waals surface area contributed by atoms with Gasteiger partial charge in [0.1, 0.15) is 11.6 Å². The molecule has 0 bridgehead atoms. The van der Waals surface area contributed by atoms with Crippen LogP contribution < -0.4 is 4.74 Å². The predicted octanol–water partition coefficient (Wildman–Crippen LogP) is 5.73. The Morgan fingerprint density at radius 1 is 1.08 bits per heavy atom. The van der Waals surface area contributed by atoms with Gasteiger partial charge in [-0.05, 0) is 61.3 Å². The molecule has 0 saturated heterocycles. The fraction of sp³-hybridized carbons (Fsp3) is 0.381. The zero-order chi connectivity index (χ0) is 16.9. The first kappa shape index (κ1) is 16.7. The summed E-state index contributed by atoms with van der Waals surface area (Å²) in [6.07, 6.45) is 5.89. The second kappa shape index (κ2) is 7.61. The summed E-state index contributed by atoms with van der Waals surface area (Å²) < 4.78 is 18.6. The Kier molecular flexibility index (Phi) is 5.29. The summed E-state index contributed by atoms with van der Waals surface area (Å²) in [5.74, 6) is 0.640. The minimum atomic E-state index is -0.411. The molecule has 24 heavy (non-hydrogen) atoms. The smallest absolute Gasteiger partial charge is 0.343 e. The molecule has 1 saturated carbocycles. The monoisotopic (exact) mass is 326 g/mol. The van der Waals surface area contributed by atoms with Gasteiger partial charge in [-0.1, -0.05) is 37.6 Å². The highest BCUT2D eigenvalue weighted by molar-refractivity contribution is 5.92. The predicted molar refractivity (Wildman–Crippen MR) is 92.8 cm³/mol. The second-order valence-electron chi connectivity index (χ2n) is 6.56. The van der Waals surface area contributed by atoms with E-state index in [2.05, 4.69) is 6.92 Å². The third kappa shape index (κ3) is 3.84. The van der Waals surface area contributed by atoms with E-state index < -0.39 is 11.8 Å². The van der Waals surface area contributed by atoms with Crippen molar-refractivity contribution in [2.75, 3.05) is 0 Å². The Bertz CT molecular complexity index is 702. The number of hydrogen-bond donors (Lipinski definition) is 0. The summed E-state index contributed by atoms with van der Waals surface area (Å²) in [5.41, 5.74) is 1.66. The van der Waals surface area contributed by atoms with Crippen LogP contribution in [-0.4, -0.2) is 5.97 Å². The second-order valence-corrected chi connectivity index (χ2v) is 6.56. The quantitative estimate of drug-likeness (QED) is 0.530. The highest BCUT2D eigenvalue weighted by Gasteiger charge is 2.25. The van der Waals surface area contributed by atoms with Gasteiger partial charge in [0.2, 0.25) is 0 Å². The molecule has 0 amide bonds. The van der Waals surface area contributed by atoms with E-state index in [0.717, 1.165) is 24.3 Å². The first-order chi connectivity index (χ1) is 11.7. The number of ether oxygens (including phenoxy) is 1. The molecule has 0 atom stereocenters. The van der Waals surface area contributed by atoms with Crippen molar-refractivity contribution in [1.29, 1.82) is 0 Å². The van der Waals surface area contributed by atoms with E-state index >= 15 is 0 Å². The number of carbonyl (C=O) groups excluding carboxylic acids is 1. The lowest BCUT2D eigenvalue weighted by Crippen LogP contribution is -2.17. The summed E-state index contributed by atoms with van der Waals surface area (Å²) in [7, 11) is 0. The van der Waals surface area contributed by atoms with Gasteiger partial charge in [0.05, 0.1) is 5.56 Å². The van der Waals surface area contributed by atoms with Gasteiger partial charge in [-0.15, -0.1) is 0 Å². The molecule has 126 valence electrons. The minimum Gasteiger partial charge on any atom is -0.423 e. The van der Waals surface area contributed by atoms with Gasteiger partial charge < -0.3 is 4.74 Å². The van der Waals surface area contributed by atoms with Crippen molar-refractivity contribution in [3.63, 3.8) is 0 Å². The van der Waals surface area contributed by atoms with E-state index in [1.807, 2.05) is 24.3 Å². The lowest BCUT2D eigenvalue weighted by Gasteiger charge is -2.29. The number of carbonyl (C=O) groups is 1. The first-order valence-electron chi connectivity index (χ1n) is 8.74. The highest BCUT2D eigenvalue weighted by Crippen LogP contribution is 2.38. The first-order valence-corrected chi connectivity index (χ1v) is 8.74. The van der Waals surface area contributed by atoms with Crippen LogP contribution >= 0.6 is 0 Å². The molecule has 0 aromatic heterocycles. The standard InChI is InChI=1S/C21H23FO2/c1-2-15-10-12-16(13-11-15)19-8-3-4-9-20(19)21(23)24-18-7-5-6-17(22)14-18/h3-9,14-16H,2,10-13H2,1H3. The highest BCUT2D eigenvalue weighted by atomic mass is 19.1. The normalized spacial score (nSPS) is 20.6. The van der Waals surface area contributed by atoms with Crippen LogP contribution in [0.25, 0.3) is 0 Å². The number of hydrogen-bond acceptors (Lipinski definition) is 2. The topological polar surface area (TPSA) is 26.3 Å². The molecule has 1 aliphatic carbocycles. The molecule has 2 nitrogen and oxygen atoms in total. The SMILES string of the molecule is CCC1CCC(c2ccccc2C(=O)Oc2cccc(F)c2)CC1. The molecule has 0 spiro atoms. The van der Waals surface area contributed by atoms with Gasteiger partial charge in [-0.25, -0.2) is 9.18 Å². The van der Waals surface area contributed by atoms with Crippen LogP contribution in [0.1, 0.15) is 60.9 Å². The Labute approximate surface area is 142 Å². The summed E-state index contributed by atoms with van der Waals surface area (Å²) >= 11 is 0. The van der Waals surface area contributed by atoms with Gasteiger partial charge in [0.25, 0.3) is 0 Å². The van der Waals surface area contributed by atoms with Crippen LogP contribution in [-0.2, 0) is 0 Å². The van der Waals surface area contributed by atoms with Crippen LogP contribution in [0.4, 0.5) is 4.39 Å². The molecule has 1 fully saturated rings. The molecular weight excluding hydrogens is 303 g/mol. The van der Waals surface area contributed by atoms with Crippen LogP contribution in [0.15, 0.2) is 48.5 Å². The summed E-state index contributed by atoms with van der Waals surface area (Å²) in [6.45, 7) is 2.25. The zero-order valence-electron chi connectivity index (χ0n) is 14.0. The number of rotatable bonds is 4. The lowest BCUT2D eigenvalue weighted by atomic mass is 9.76. The Morgan fingerprint density at radius 3 is 2.54 bits per heavy atom. The molecule has 0 aliphatic heterocycles. The molecule has 3 heteroatoms. The molecule has 0 radical (unpaired) electrons. The third-order valence-corrected chi connectivity index (χ3v) is 5.05. The van der Waals surface area contributed by atoms with Gasteiger partial charge in [-0.2, -0.15) is 0 Å². The van der Waals surface area contributed by atoms with Crippen molar-refractivity contribution >= 4 is 5.97 Å². The molecule has 0 unspecified atom stereocenters. The average Bonchev–Trinajstić information content (AvgIpc) is 2.62. The Balaban J connectivity index is 1.77. The number of halogens is 1. The van der Waals surface area contributed by atoms with Crippen LogP contribution in [0, 0.1) is 11.7 Å². The summed E-state index contributed by atoms with van der Waals surface area (Å²) in [4.78, 5) is 12.6. The molecule has 2 aromatic rings. The van der Waals surface area contributed by atoms with Crippen LogP contribution in [0.2, 0.25) is 0 Å². The Morgan fingerprint density at radius 2 is 1.83 bits per heavy atom. The van der Waals surface area contributed by atoms with Crippen LogP contribution in [0.3, 0.4) is 0 Å².